The van der Waals surface area contributed by atoms with E-state index >= 15 is 0 Å². The molecule has 4 rings (SSSR count). The summed E-state index contributed by atoms with van der Waals surface area (Å²) in [4.78, 5) is 36.2. The number of carbonyl (C=O) groups excluding carboxylic acids is 2. The smallest absolute Gasteiger partial charge is 0.305 e. The van der Waals surface area contributed by atoms with Crippen molar-refractivity contribution in [3.05, 3.63) is 50.9 Å². The Kier molecular flexibility index (Phi) is 5.64. The number of nitrogens with zero attached hydrogens (tertiary/aromatic N) is 5. The monoisotopic (exact) mass is 473 g/mol. The molecule has 3 amide bonds. The summed E-state index contributed by atoms with van der Waals surface area (Å²) in [5.41, 5.74) is 4.23. The first-order chi connectivity index (χ1) is 15.2. The van der Waals surface area contributed by atoms with Crippen molar-refractivity contribution in [3.8, 4) is 11.8 Å². The topological polar surface area (TPSA) is 125 Å². The number of fused-ring (bicyclic) bond motifs is 1. The lowest BCUT2D eigenvalue weighted by Crippen LogP contribution is -2.64. The second-order valence-corrected chi connectivity index (χ2v) is 8.40. The van der Waals surface area contributed by atoms with Crippen LogP contribution >= 0.6 is 23.2 Å². The lowest BCUT2D eigenvalue weighted by Gasteiger charge is -2.30. The third kappa shape index (κ3) is 3.71. The number of aromatic nitrogens is 3. The highest BCUT2D eigenvalue weighted by molar-refractivity contribution is 6.38. The standard InChI is InChI=1S/C20H17Cl2N7O3/c1-10(2)9-27-16-8-24-29(15(16)3-4-17(27)30)18-12(21)5-11(6-13(18)22)28-20(32)25-19(31)14(7-23)26-28/h3-6,8,10,14,26H,9H2,1-2H3,(H,25,31,32). The van der Waals surface area contributed by atoms with Crippen LogP contribution in [0.2, 0.25) is 10.0 Å². The molecule has 1 saturated heterocycles. The van der Waals surface area contributed by atoms with Gasteiger partial charge in [-0.3, -0.25) is 14.9 Å². The van der Waals surface area contributed by atoms with Crippen molar-refractivity contribution in [1.29, 1.82) is 5.26 Å². The SMILES string of the molecule is CC(C)Cn1c(=O)ccc2c1cnn2-c1c(Cl)cc(N2NC(C#N)C(=O)NC2=O)cc1Cl. The lowest BCUT2D eigenvalue weighted by molar-refractivity contribution is -0.121. The molecule has 2 aromatic heterocycles. The van der Waals surface area contributed by atoms with Crippen molar-refractivity contribution >= 4 is 51.9 Å². The Morgan fingerprint density at radius 3 is 2.47 bits per heavy atom. The number of anilines is 1. The first-order valence-corrected chi connectivity index (χ1v) is 10.3. The van der Waals surface area contributed by atoms with Crippen LogP contribution in [-0.2, 0) is 11.3 Å². The van der Waals surface area contributed by atoms with Gasteiger partial charge < -0.3 is 4.57 Å². The van der Waals surface area contributed by atoms with Gasteiger partial charge in [-0.15, -0.1) is 0 Å². The summed E-state index contributed by atoms with van der Waals surface area (Å²) in [7, 11) is 0. The first kappa shape index (κ1) is 21.8. The van der Waals surface area contributed by atoms with Crippen molar-refractivity contribution in [2.75, 3.05) is 5.01 Å². The fourth-order valence-corrected chi connectivity index (χ4v) is 4.08. The van der Waals surface area contributed by atoms with Crippen molar-refractivity contribution in [2.45, 2.75) is 26.4 Å². The van der Waals surface area contributed by atoms with Crippen molar-refractivity contribution in [2.24, 2.45) is 5.92 Å². The van der Waals surface area contributed by atoms with Crippen LogP contribution < -0.4 is 21.3 Å². The minimum atomic E-state index is -1.25. The van der Waals surface area contributed by atoms with E-state index in [0.29, 0.717) is 23.3 Å². The summed E-state index contributed by atoms with van der Waals surface area (Å²) in [6, 6.07) is 5.74. The number of nitriles is 1. The van der Waals surface area contributed by atoms with Crippen LogP contribution in [0, 0.1) is 17.2 Å². The number of halogens is 2. The minimum absolute atomic E-state index is 0.137. The molecule has 2 N–H and O–H groups in total. The van der Waals surface area contributed by atoms with E-state index in [1.165, 1.54) is 22.9 Å². The molecule has 1 atom stereocenters. The van der Waals surface area contributed by atoms with Gasteiger partial charge in [-0.2, -0.15) is 15.8 Å². The van der Waals surface area contributed by atoms with E-state index in [1.807, 2.05) is 13.8 Å². The van der Waals surface area contributed by atoms with Gasteiger partial charge in [0.05, 0.1) is 39.0 Å². The highest BCUT2D eigenvalue weighted by atomic mass is 35.5. The molecule has 12 heteroatoms. The first-order valence-electron chi connectivity index (χ1n) is 9.59. The predicted molar refractivity (Wildman–Crippen MR) is 119 cm³/mol. The average Bonchev–Trinajstić information content (AvgIpc) is 3.13. The number of amides is 3. The normalized spacial score (nSPS) is 16.5. The number of carbonyl (C=O) groups is 2. The van der Waals surface area contributed by atoms with Gasteiger partial charge in [0.1, 0.15) is 5.69 Å². The number of urea groups is 1. The molecule has 0 bridgehead atoms. The van der Waals surface area contributed by atoms with Crippen LogP contribution in [0.4, 0.5) is 10.5 Å². The Bertz CT molecular complexity index is 1330. The number of hydrogen-bond acceptors (Lipinski definition) is 6. The third-order valence-electron chi connectivity index (χ3n) is 4.83. The van der Waals surface area contributed by atoms with E-state index in [-0.39, 0.29) is 27.2 Å². The van der Waals surface area contributed by atoms with Gasteiger partial charge in [0.15, 0.2) is 6.04 Å². The molecular formula is C20H17Cl2N7O3. The van der Waals surface area contributed by atoms with Crippen LogP contribution in [0.15, 0.2) is 35.3 Å². The number of rotatable bonds is 4. The fraction of sp³-hybridized carbons (Fsp3) is 0.250. The zero-order valence-electron chi connectivity index (χ0n) is 17.0. The fourth-order valence-electron chi connectivity index (χ4n) is 3.45. The molecule has 1 unspecified atom stereocenters. The van der Waals surface area contributed by atoms with E-state index in [9.17, 15) is 14.4 Å². The third-order valence-corrected chi connectivity index (χ3v) is 5.41. The summed E-state index contributed by atoms with van der Waals surface area (Å²) in [5.74, 6) is -0.501. The molecule has 3 aromatic rings. The molecule has 1 aliphatic rings. The summed E-state index contributed by atoms with van der Waals surface area (Å²) in [6.07, 6.45) is 1.57. The van der Waals surface area contributed by atoms with Gasteiger partial charge in [-0.05, 0) is 24.1 Å². The average molecular weight is 474 g/mol. The number of hydrazine groups is 1. The van der Waals surface area contributed by atoms with Crippen molar-refractivity contribution < 1.29 is 9.59 Å². The van der Waals surface area contributed by atoms with E-state index in [4.69, 9.17) is 28.5 Å². The number of nitrogens with one attached hydrogen (secondary N) is 2. The molecule has 1 aliphatic heterocycles. The van der Waals surface area contributed by atoms with Crippen LogP contribution in [0.5, 0.6) is 0 Å². The van der Waals surface area contributed by atoms with Gasteiger partial charge in [0.25, 0.3) is 11.5 Å². The maximum Gasteiger partial charge on any atom is 0.343 e. The second-order valence-electron chi connectivity index (χ2n) is 7.58. The molecule has 0 radical (unpaired) electrons. The zero-order chi connectivity index (χ0) is 23.2. The molecule has 32 heavy (non-hydrogen) atoms. The van der Waals surface area contributed by atoms with E-state index in [0.717, 1.165) is 5.01 Å². The van der Waals surface area contributed by atoms with Crippen LogP contribution in [0.25, 0.3) is 16.7 Å². The molecule has 1 aromatic carbocycles. The maximum atomic E-state index is 12.3. The number of imide groups is 1. The van der Waals surface area contributed by atoms with Crippen molar-refractivity contribution in [3.63, 3.8) is 0 Å². The second kappa shape index (κ2) is 8.27. The molecule has 1 fully saturated rings. The van der Waals surface area contributed by atoms with Crippen molar-refractivity contribution in [1.82, 2.24) is 25.1 Å². The molecule has 0 saturated carbocycles. The molecule has 164 valence electrons. The van der Waals surface area contributed by atoms with E-state index < -0.39 is 18.0 Å². The quantitative estimate of drug-likeness (QED) is 0.599. The van der Waals surface area contributed by atoms with Gasteiger partial charge in [-0.25, -0.2) is 14.5 Å². The Labute approximate surface area is 191 Å². The highest BCUT2D eigenvalue weighted by Crippen LogP contribution is 2.35. The Balaban J connectivity index is 1.79. The molecule has 10 nitrogen and oxygen atoms in total. The molecule has 3 heterocycles. The van der Waals surface area contributed by atoms with Crippen LogP contribution in [0.1, 0.15) is 13.8 Å². The van der Waals surface area contributed by atoms with Crippen LogP contribution in [-0.4, -0.2) is 32.3 Å². The Hall–Kier alpha value is -3.39. The number of benzene rings is 1. The predicted octanol–water partition coefficient (Wildman–Crippen LogP) is 2.60. The molecule has 0 spiro atoms. The summed E-state index contributed by atoms with van der Waals surface area (Å²) in [5, 5.41) is 16.9. The van der Waals surface area contributed by atoms with E-state index in [2.05, 4.69) is 15.8 Å². The summed E-state index contributed by atoms with van der Waals surface area (Å²) in [6.45, 7) is 4.55. The van der Waals surface area contributed by atoms with Gasteiger partial charge in [-0.1, -0.05) is 37.0 Å². The van der Waals surface area contributed by atoms with Gasteiger partial charge >= 0.3 is 6.03 Å². The maximum absolute atomic E-state index is 12.3. The zero-order valence-corrected chi connectivity index (χ0v) is 18.5. The molecule has 0 aliphatic carbocycles. The summed E-state index contributed by atoms with van der Waals surface area (Å²) >= 11 is 13.0. The van der Waals surface area contributed by atoms with Crippen LogP contribution in [0.3, 0.4) is 0 Å². The largest absolute Gasteiger partial charge is 0.343 e. The number of pyridine rings is 1. The van der Waals surface area contributed by atoms with Gasteiger partial charge in [0.2, 0.25) is 0 Å². The Morgan fingerprint density at radius 2 is 1.84 bits per heavy atom. The molecular weight excluding hydrogens is 457 g/mol. The summed E-state index contributed by atoms with van der Waals surface area (Å²) < 4.78 is 3.16. The minimum Gasteiger partial charge on any atom is -0.305 e. The highest BCUT2D eigenvalue weighted by Gasteiger charge is 2.33. The van der Waals surface area contributed by atoms with E-state index in [1.54, 1.807) is 22.9 Å². The lowest BCUT2D eigenvalue weighted by atomic mass is 10.2. The Morgan fingerprint density at radius 1 is 1.16 bits per heavy atom. The number of hydrogen-bond donors (Lipinski definition) is 2. The van der Waals surface area contributed by atoms with Gasteiger partial charge in [0, 0.05) is 12.6 Å².